The SMILES string of the molecule is O=C1N(c2ccc(OC(F)(F)Cl)cc2)c2cccc(-c3ccn[nH]3)c2C12CCCC2. The molecule has 154 valence electrons. The van der Waals surface area contributed by atoms with Gasteiger partial charge in [-0.05, 0) is 49.2 Å². The molecule has 2 heterocycles. The largest absolute Gasteiger partial charge is 0.487 e. The fourth-order valence-corrected chi connectivity index (χ4v) is 4.87. The lowest BCUT2D eigenvalue weighted by atomic mass is 9.77. The summed E-state index contributed by atoms with van der Waals surface area (Å²) in [5.41, 5.74) is -0.142. The van der Waals surface area contributed by atoms with Crippen molar-refractivity contribution < 1.29 is 18.3 Å². The number of anilines is 2. The molecular weight excluding hydrogens is 412 g/mol. The monoisotopic (exact) mass is 429 g/mol. The molecule has 8 heteroatoms. The minimum atomic E-state index is -3.79. The molecule has 1 saturated carbocycles. The maximum Gasteiger partial charge on any atom is 0.487 e. The number of amides is 1. The van der Waals surface area contributed by atoms with E-state index in [1.165, 1.54) is 12.1 Å². The standard InChI is InChI=1S/C22H18ClF2N3O2/c23-22(24,25)30-15-8-6-14(7-9-15)28-18-5-3-4-16(17-10-13-26-27-17)19(18)21(20(28)29)11-1-2-12-21/h3-10,13H,1-2,11-12H2,(H,26,27). The van der Waals surface area contributed by atoms with Gasteiger partial charge in [-0.3, -0.25) is 14.8 Å². The van der Waals surface area contributed by atoms with Crippen LogP contribution in [0.4, 0.5) is 20.2 Å². The molecule has 1 aliphatic carbocycles. The normalized spacial score (nSPS) is 17.6. The molecule has 0 atom stereocenters. The van der Waals surface area contributed by atoms with Crippen LogP contribution in [0, 0.1) is 0 Å². The van der Waals surface area contributed by atoms with Crippen molar-refractivity contribution >= 4 is 28.9 Å². The number of ether oxygens (including phenoxy) is 1. The zero-order valence-corrected chi connectivity index (χ0v) is 16.6. The van der Waals surface area contributed by atoms with E-state index in [0.29, 0.717) is 5.69 Å². The highest BCUT2D eigenvalue weighted by Crippen LogP contribution is 2.56. The number of rotatable bonds is 4. The minimum absolute atomic E-state index is 0.0123. The van der Waals surface area contributed by atoms with Crippen LogP contribution < -0.4 is 9.64 Å². The first-order valence-electron chi connectivity index (χ1n) is 9.73. The first-order chi connectivity index (χ1) is 14.4. The van der Waals surface area contributed by atoms with Crippen molar-refractivity contribution in [3.05, 3.63) is 60.3 Å². The third-order valence-electron chi connectivity index (χ3n) is 5.95. The predicted molar refractivity (Wildman–Crippen MR) is 109 cm³/mol. The topological polar surface area (TPSA) is 58.2 Å². The Balaban J connectivity index is 1.62. The van der Waals surface area contributed by atoms with Gasteiger partial charge >= 0.3 is 5.57 Å². The Morgan fingerprint density at radius 1 is 1.10 bits per heavy atom. The van der Waals surface area contributed by atoms with Crippen LogP contribution in [0.5, 0.6) is 5.75 Å². The molecule has 2 aromatic carbocycles. The van der Waals surface area contributed by atoms with Crippen molar-refractivity contribution in [3.8, 4) is 17.0 Å². The summed E-state index contributed by atoms with van der Waals surface area (Å²) in [6.07, 6.45) is 5.21. The van der Waals surface area contributed by atoms with Crippen molar-refractivity contribution in [3.63, 3.8) is 0 Å². The molecular formula is C22H18ClF2N3O2. The zero-order valence-electron chi connectivity index (χ0n) is 15.9. The van der Waals surface area contributed by atoms with Gasteiger partial charge < -0.3 is 4.74 Å². The van der Waals surface area contributed by atoms with Crippen LogP contribution >= 0.6 is 11.6 Å². The van der Waals surface area contributed by atoms with Gasteiger partial charge in [-0.1, -0.05) is 25.0 Å². The summed E-state index contributed by atoms with van der Waals surface area (Å²) in [5.74, 6) is -0.0642. The van der Waals surface area contributed by atoms with Crippen LogP contribution in [0.15, 0.2) is 54.7 Å². The number of aromatic amines is 1. The summed E-state index contributed by atoms with van der Waals surface area (Å²) in [7, 11) is 0. The number of halogens is 3. The maximum atomic E-state index is 13.8. The van der Waals surface area contributed by atoms with Gasteiger partial charge in [0.05, 0.1) is 16.8 Å². The molecule has 5 rings (SSSR count). The quantitative estimate of drug-likeness (QED) is 0.538. The summed E-state index contributed by atoms with van der Waals surface area (Å²) in [6.45, 7) is 0. The van der Waals surface area contributed by atoms with E-state index < -0.39 is 11.0 Å². The lowest BCUT2D eigenvalue weighted by molar-refractivity contribution is -0.122. The number of hydrogen-bond donors (Lipinski definition) is 1. The van der Waals surface area contributed by atoms with Gasteiger partial charge in [-0.25, -0.2) is 0 Å². The van der Waals surface area contributed by atoms with Crippen LogP contribution in [0.1, 0.15) is 31.2 Å². The number of hydrogen-bond acceptors (Lipinski definition) is 3. The zero-order chi connectivity index (χ0) is 20.9. The fraction of sp³-hybridized carbons (Fsp3) is 0.273. The van der Waals surface area contributed by atoms with Gasteiger partial charge in [0.15, 0.2) is 0 Å². The minimum Gasteiger partial charge on any atom is -0.420 e. The van der Waals surface area contributed by atoms with E-state index in [2.05, 4.69) is 14.9 Å². The number of aromatic nitrogens is 2. The van der Waals surface area contributed by atoms with Gasteiger partial charge in [0, 0.05) is 34.6 Å². The van der Waals surface area contributed by atoms with E-state index in [4.69, 9.17) is 11.6 Å². The Labute approximate surface area is 176 Å². The van der Waals surface area contributed by atoms with Crippen molar-refractivity contribution in [2.45, 2.75) is 36.7 Å². The van der Waals surface area contributed by atoms with Crippen molar-refractivity contribution in [2.24, 2.45) is 0 Å². The average molecular weight is 430 g/mol. The molecule has 1 aliphatic heterocycles. The lowest BCUT2D eigenvalue weighted by Gasteiger charge is -2.24. The number of H-pyrrole nitrogens is 1. The van der Waals surface area contributed by atoms with Crippen LogP contribution in [0.2, 0.25) is 0 Å². The summed E-state index contributed by atoms with van der Waals surface area (Å²) in [6, 6.07) is 13.7. The van der Waals surface area contributed by atoms with Gasteiger partial charge in [-0.2, -0.15) is 5.10 Å². The van der Waals surface area contributed by atoms with E-state index in [9.17, 15) is 13.6 Å². The van der Waals surface area contributed by atoms with E-state index in [1.54, 1.807) is 23.2 Å². The summed E-state index contributed by atoms with van der Waals surface area (Å²) in [4.78, 5) is 15.4. The molecule has 1 fully saturated rings. The summed E-state index contributed by atoms with van der Waals surface area (Å²) < 4.78 is 30.2. The van der Waals surface area contributed by atoms with E-state index in [0.717, 1.165) is 48.2 Å². The molecule has 1 N–H and O–H groups in total. The number of carbonyl (C=O) groups is 1. The molecule has 5 nitrogen and oxygen atoms in total. The van der Waals surface area contributed by atoms with Crippen molar-refractivity contribution in [2.75, 3.05) is 4.90 Å². The highest BCUT2D eigenvalue weighted by molar-refractivity contribution is 6.20. The number of benzene rings is 2. The third kappa shape index (κ3) is 2.96. The number of carbonyl (C=O) groups excluding carboxylic acids is 1. The summed E-state index contributed by atoms with van der Waals surface area (Å²) in [5, 5.41) is 7.07. The third-order valence-corrected chi connectivity index (χ3v) is 6.03. The Bertz CT molecular complexity index is 1090. The van der Waals surface area contributed by atoms with Gasteiger partial charge in [0.25, 0.3) is 0 Å². The number of nitrogens with zero attached hydrogens (tertiary/aromatic N) is 2. The molecule has 2 aliphatic rings. The second kappa shape index (κ2) is 6.80. The van der Waals surface area contributed by atoms with E-state index >= 15 is 0 Å². The molecule has 1 spiro atoms. The molecule has 0 saturated heterocycles. The molecule has 1 amide bonds. The smallest absolute Gasteiger partial charge is 0.420 e. The Hall–Kier alpha value is -2.93. The Morgan fingerprint density at radius 3 is 2.47 bits per heavy atom. The lowest BCUT2D eigenvalue weighted by Crippen LogP contribution is -2.36. The molecule has 1 aromatic heterocycles. The first-order valence-corrected chi connectivity index (χ1v) is 10.1. The molecule has 0 bridgehead atoms. The predicted octanol–water partition coefficient (Wildman–Crippen LogP) is 5.73. The average Bonchev–Trinajstić information content (AvgIpc) is 3.44. The first kappa shape index (κ1) is 19.1. The second-order valence-corrected chi connectivity index (χ2v) is 8.08. The maximum absolute atomic E-state index is 13.8. The number of alkyl halides is 3. The number of nitrogens with one attached hydrogen (secondary N) is 1. The molecule has 0 radical (unpaired) electrons. The van der Waals surface area contributed by atoms with Gasteiger partial charge in [-0.15, -0.1) is 8.78 Å². The molecule has 3 aromatic rings. The van der Waals surface area contributed by atoms with Crippen LogP contribution in [0.3, 0.4) is 0 Å². The van der Waals surface area contributed by atoms with Gasteiger partial charge in [0.2, 0.25) is 5.91 Å². The Kier molecular flexibility index (Phi) is 4.32. The Morgan fingerprint density at radius 2 is 1.83 bits per heavy atom. The van der Waals surface area contributed by atoms with E-state index in [1.807, 2.05) is 24.3 Å². The van der Waals surface area contributed by atoms with Crippen molar-refractivity contribution in [1.29, 1.82) is 0 Å². The fourth-order valence-electron chi connectivity index (χ4n) is 4.79. The van der Waals surface area contributed by atoms with Crippen molar-refractivity contribution in [1.82, 2.24) is 10.2 Å². The van der Waals surface area contributed by atoms with E-state index in [-0.39, 0.29) is 11.7 Å². The number of fused-ring (bicyclic) bond motifs is 2. The summed E-state index contributed by atoms with van der Waals surface area (Å²) >= 11 is 4.84. The highest BCUT2D eigenvalue weighted by atomic mass is 35.5. The highest BCUT2D eigenvalue weighted by Gasteiger charge is 2.53. The van der Waals surface area contributed by atoms with Crippen LogP contribution in [-0.4, -0.2) is 21.7 Å². The van der Waals surface area contributed by atoms with Crippen LogP contribution in [0.25, 0.3) is 11.3 Å². The molecule has 0 unspecified atom stereocenters. The van der Waals surface area contributed by atoms with Crippen LogP contribution in [-0.2, 0) is 10.2 Å². The second-order valence-electron chi connectivity index (χ2n) is 7.64. The molecule has 30 heavy (non-hydrogen) atoms. The van der Waals surface area contributed by atoms with Gasteiger partial charge in [0.1, 0.15) is 5.75 Å².